The lowest BCUT2D eigenvalue weighted by atomic mass is 10.2. The molecule has 1 aliphatic rings. The average molecular weight is 328 g/mol. The second-order valence-electron chi connectivity index (χ2n) is 4.54. The predicted octanol–water partition coefficient (Wildman–Crippen LogP) is 0.648. The van der Waals surface area contributed by atoms with Gasteiger partial charge in [0.15, 0.2) is 10.3 Å². The van der Waals surface area contributed by atoms with Gasteiger partial charge in [0, 0.05) is 10.3 Å². The van der Waals surface area contributed by atoms with Crippen molar-refractivity contribution >= 4 is 11.6 Å². The highest BCUT2D eigenvalue weighted by Gasteiger charge is 2.38. The quantitative estimate of drug-likeness (QED) is 0.533. The van der Waals surface area contributed by atoms with Gasteiger partial charge in [0.1, 0.15) is 12.2 Å². The van der Waals surface area contributed by atoms with Crippen LogP contribution in [0.1, 0.15) is 19.3 Å². The van der Waals surface area contributed by atoms with E-state index in [9.17, 15) is 20.2 Å². The molecule has 14 heteroatoms. The van der Waals surface area contributed by atoms with E-state index in [0.29, 0.717) is 19.3 Å². The van der Waals surface area contributed by atoms with Crippen LogP contribution >= 0.6 is 0 Å². The Hall–Kier alpha value is -3.32. The first-order chi connectivity index (χ1) is 11.1. The van der Waals surface area contributed by atoms with Crippen LogP contribution in [-0.4, -0.2) is 42.7 Å². The first-order valence-electron chi connectivity index (χ1n) is 6.33. The SMILES string of the molecule is O=[N+]([O-])c1nonc1OC1CCCC1Oc1nonc1[N+](=O)[O-]. The summed E-state index contributed by atoms with van der Waals surface area (Å²) in [5, 5.41) is 34.4. The summed E-state index contributed by atoms with van der Waals surface area (Å²) in [5.41, 5.74) is 0. The van der Waals surface area contributed by atoms with Crippen LogP contribution in [0.15, 0.2) is 9.26 Å². The molecule has 2 aromatic heterocycles. The molecule has 0 radical (unpaired) electrons. The Morgan fingerprint density at radius 2 is 1.30 bits per heavy atom. The summed E-state index contributed by atoms with van der Waals surface area (Å²) < 4.78 is 19.3. The number of hydrogen-bond donors (Lipinski definition) is 0. The third-order valence-corrected chi connectivity index (χ3v) is 3.15. The number of nitro groups is 2. The summed E-state index contributed by atoms with van der Waals surface area (Å²) in [6.45, 7) is 0. The summed E-state index contributed by atoms with van der Waals surface area (Å²) >= 11 is 0. The Morgan fingerprint density at radius 3 is 1.70 bits per heavy atom. The number of nitrogens with zero attached hydrogens (tertiary/aromatic N) is 6. The van der Waals surface area contributed by atoms with E-state index in [4.69, 9.17) is 9.47 Å². The molecule has 23 heavy (non-hydrogen) atoms. The van der Waals surface area contributed by atoms with Crippen molar-refractivity contribution in [1.29, 1.82) is 0 Å². The zero-order valence-electron chi connectivity index (χ0n) is 11.2. The van der Waals surface area contributed by atoms with Crippen LogP contribution in [0.25, 0.3) is 0 Å². The molecule has 14 nitrogen and oxygen atoms in total. The van der Waals surface area contributed by atoms with Crippen molar-refractivity contribution in [3.63, 3.8) is 0 Å². The molecule has 0 bridgehead atoms. The van der Waals surface area contributed by atoms with Crippen LogP contribution in [-0.2, 0) is 0 Å². The van der Waals surface area contributed by atoms with Gasteiger partial charge < -0.3 is 29.7 Å². The molecule has 0 amide bonds. The van der Waals surface area contributed by atoms with Crippen LogP contribution in [0, 0.1) is 20.2 Å². The van der Waals surface area contributed by atoms with Crippen LogP contribution in [0.2, 0.25) is 0 Å². The molecule has 1 fully saturated rings. The molecule has 0 aromatic carbocycles. The Bertz CT molecular complexity index is 667. The van der Waals surface area contributed by atoms with Crippen LogP contribution in [0.3, 0.4) is 0 Å². The van der Waals surface area contributed by atoms with Gasteiger partial charge in [-0.1, -0.05) is 0 Å². The van der Waals surface area contributed by atoms with E-state index in [1.165, 1.54) is 0 Å². The van der Waals surface area contributed by atoms with E-state index in [1.807, 2.05) is 0 Å². The highest BCUT2D eigenvalue weighted by Crippen LogP contribution is 2.32. The van der Waals surface area contributed by atoms with E-state index in [2.05, 4.69) is 29.9 Å². The van der Waals surface area contributed by atoms with E-state index in [0.717, 1.165) is 0 Å². The van der Waals surface area contributed by atoms with Crippen molar-refractivity contribution in [3.8, 4) is 11.8 Å². The lowest BCUT2D eigenvalue weighted by molar-refractivity contribution is -0.392. The minimum atomic E-state index is -0.803. The number of hydrogen-bond acceptors (Lipinski definition) is 12. The zero-order valence-corrected chi connectivity index (χ0v) is 11.2. The fourth-order valence-electron chi connectivity index (χ4n) is 2.17. The first kappa shape index (κ1) is 14.6. The number of aromatic nitrogens is 4. The van der Waals surface area contributed by atoms with Gasteiger partial charge in [-0.05, 0) is 29.1 Å². The Labute approximate surface area is 125 Å². The van der Waals surface area contributed by atoms with Gasteiger partial charge in [0.2, 0.25) is 0 Å². The summed E-state index contributed by atoms with van der Waals surface area (Å²) in [6, 6.07) is 0. The molecule has 0 spiro atoms. The molecule has 2 atom stereocenters. The average Bonchev–Trinajstić information content (AvgIpc) is 3.21. The van der Waals surface area contributed by atoms with Crippen molar-refractivity contribution in [2.24, 2.45) is 0 Å². The third kappa shape index (κ3) is 2.85. The van der Waals surface area contributed by atoms with Crippen LogP contribution in [0.4, 0.5) is 11.6 Å². The van der Waals surface area contributed by atoms with Gasteiger partial charge in [0.05, 0.1) is 0 Å². The van der Waals surface area contributed by atoms with E-state index >= 15 is 0 Å². The lowest BCUT2D eigenvalue weighted by Crippen LogP contribution is -2.31. The summed E-state index contributed by atoms with van der Waals surface area (Å²) in [6.07, 6.45) is 0.378. The molecule has 3 rings (SSSR count). The van der Waals surface area contributed by atoms with Gasteiger partial charge in [-0.15, -0.1) is 9.26 Å². The molecular formula is C9H8N6O8. The number of rotatable bonds is 6. The van der Waals surface area contributed by atoms with Gasteiger partial charge >= 0.3 is 23.4 Å². The van der Waals surface area contributed by atoms with Crippen LogP contribution in [0.5, 0.6) is 11.8 Å². The summed E-state index contributed by atoms with van der Waals surface area (Å²) in [4.78, 5) is 19.9. The van der Waals surface area contributed by atoms with E-state index < -0.39 is 33.7 Å². The van der Waals surface area contributed by atoms with Crippen molar-refractivity contribution in [3.05, 3.63) is 20.2 Å². The minimum Gasteiger partial charge on any atom is -0.462 e. The summed E-state index contributed by atoms with van der Waals surface area (Å²) in [5.74, 6) is -2.10. The van der Waals surface area contributed by atoms with E-state index in [-0.39, 0.29) is 11.8 Å². The first-order valence-corrected chi connectivity index (χ1v) is 6.33. The maximum Gasteiger partial charge on any atom is 0.478 e. The maximum atomic E-state index is 10.7. The van der Waals surface area contributed by atoms with Crippen molar-refractivity contribution in [2.75, 3.05) is 0 Å². The zero-order chi connectivity index (χ0) is 16.4. The second-order valence-corrected chi connectivity index (χ2v) is 4.54. The molecule has 1 aliphatic carbocycles. The topological polar surface area (TPSA) is 183 Å². The molecule has 0 aliphatic heterocycles. The van der Waals surface area contributed by atoms with E-state index in [1.54, 1.807) is 0 Å². The highest BCUT2D eigenvalue weighted by molar-refractivity contribution is 5.30. The second kappa shape index (κ2) is 5.82. The van der Waals surface area contributed by atoms with Gasteiger partial charge in [-0.2, -0.15) is 0 Å². The van der Waals surface area contributed by atoms with Crippen LogP contribution < -0.4 is 9.47 Å². The fourth-order valence-corrected chi connectivity index (χ4v) is 2.17. The molecule has 122 valence electrons. The molecule has 1 saturated carbocycles. The largest absolute Gasteiger partial charge is 0.478 e. The van der Waals surface area contributed by atoms with Gasteiger partial charge in [-0.25, -0.2) is 0 Å². The van der Waals surface area contributed by atoms with Gasteiger partial charge in [0.25, 0.3) is 0 Å². The smallest absolute Gasteiger partial charge is 0.462 e. The van der Waals surface area contributed by atoms with Crippen molar-refractivity contribution in [2.45, 2.75) is 31.5 Å². The molecule has 2 heterocycles. The van der Waals surface area contributed by atoms with Crippen molar-refractivity contribution in [1.82, 2.24) is 20.6 Å². The fraction of sp³-hybridized carbons (Fsp3) is 0.556. The van der Waals surface area contributed by atoms with Gasteiger partial charge in [-0.3, -0.25) is 0 Å². The monoisotopic (exact) mass is 328 g/mol. The normalized spacial score (nSPS) is 20.3. The molecule has 0 saturated heterocycles. The Morgan fingerprint density at radius 1 is 0.870 bits per heavy atom. The van der Waals surface area contributed by atoms with Crippen molar-refractivity contribution < 1.29 is 28.6 Å². The summed E-state index contributed by atoms with van der Waals surface area (Å²) in [7, 11) is 0. The molecule has 2 aromatic rings. The molecule has 2 unspecified atom stereocenters. The maximum absolute atomic E-state index is 10.7. The number of ether oxygens (including phenoxy) is 2. The molecular weight excluding hydrogens is 320 g/mol. The lowest BCUT2D eigenvalue weighted by Gasteiger charge is -2.18. The third-order valence-electron chi connectivity index (χ3n) is 3.15. The highest BCUT2D eigenvalue weighted by atomic mass is 16.7. The predicted molar refractivity (Wildman–Crippen MR) is 64.6 cm³/mol. The standard InChI is InChI=1S/C9H8N6O8/c16-14(17)6-8(12-22-10-6)20-4-2-1-3-5(4)21-9-7(15(18)19)11-23-13-9/h4-5H,1-3H2. The minimum absolute atomic E-state index is 0.386. The Kier molecular flexibility index (Phi) is 3.70. The Balaban J connectivity index is 1.73. The molecule has 0 N–H and O–H groups in total.